The van der Waals surface area contributed by atoms with E-state index in [2.05, 4.69) is 5.32 Å². The van der Waals surface area contributed by atoms with Gasteiger partial charge < -0.3 is 5.32 Å². The highest BCUT2D eigenvalue weighted by Crippen LogP contribution is 2.37. The molecule has 7 rings (SSSR count). The first kappa shape index (κ1) is 33.6. The third-order valence-electron chi connectivity index (χ3n) is 8.50. The molecule has 0 saturated heterocycles. The number of allylic oxidation sites excluding steroid dienone is 1. The van der Waals surface area contributed by atoms with Gasteiger partial charge in [0, 0.05) is 41.1 Å². The second-order valence-corrected chi connectivity index (χ2v) is 11.7. The average Bonchev–Trinajstić information content (AvgIpc) is 3.57. The van der Waals surface area contributed by atoms with E-state index in [-0.39, 0.29) is 45.0 Å². The molecule has 0 spiro atoms. The predicted octanol–water partition coefficient (Wildman–Crippen LogP) is 6.25. The molecular weight excluding hydrogens is 686 g/mol. The lowest BCUT2D eigenvalue weighted by atomic mass is 10.1. The Morgan fingerprint density at radius 3 is 1.55 bits per heavy atom. The fraction of sp³-hybridized carbons (Fsp3) is 0. The zero-order chi connectivity index (χ0) is 37.6. The Morgan fingerprint density at radius 1 is 0.566 bits per heavy atom. The van der Waals surface area contributed by atoms with Gasteiger partial charge in [-0.1, -0.05) is 48.5 Å². The Hall–Kier alpha value is -7.94. The molecule has 0 unspecified atom stereocenters. The average molecular weight is 708 g/mol. The predicted molar refractivity (Wildman–Crippen MR) is 189 cm³/mol. The number of amides is 5. The van der Waals surface area contributed by atoms with Crippen LogP contribution in [0.25, 0.3) is 6.08 Å². The molecule has 2 heterocycles. The number of hydrogen-bond acceptors (Lipinski definition) is 10. The summed E-state index contributed by atoms with van der Waals surface area (Å²) in [6.45, 7) is 0. The van der Waals surface area contributed by atoms with Crippen LogP contribution in [0.15, 0.2) is 115 Å². The van der Waals surface area contributed by atoms with Crippen molar-refractivity contribution in [1.82, 2.24) is 0 Å². The molecule has 0 atom stereocenters. The summed E-state index contributed by atoms with van der Waals surface area (Å²) in [5.74, 6) is -4.65. The lowest BCUT2D eigenvalue weighted by molar-refractivity contribution is -0.385. The lowest BCUT2D eigenvalue weighted by Gasteiger charge is -2.20. The van der Waals surface area contributed by atoms with Gasteiger partial charge in [0.05, 0.1) is 43.5 Å². The molecule has 15 heteroatoms. The third-order valence-corrected chi connectivity index (χ3v) is 8.50. The highest BCUT2D eigenvalue weighted by molar-refractivity contribution is 6.36. The molecule has 1 N–H and O–H groups in total. The second kappa shape index (κ2) is 13.1. The van der Waals surface area contributed by atoms with E-state index < -0.39 is 50.8 Å². The quantitative estimate of drug-likeness (QED) is 0.0598. The number of hydrogen-bond donors (Lipinski definition) is 1. The van der Waals surface area contributed by atoms with E-state index in [1.165, 1.54) is 18.2 Å². The van der Waals surface area contributed by atoms with Gasteiger partial charge >= 0.3 is 0 Å². The van der Waals surface area contributed by atoms with E-state index in [0.29, 0.717) is 26.6 Å². The highest BCUT2D eigenvalue weighted by atomic mass is 16.6. The maximum absolute atomic E-state index is 13.7. The maximum Gasteiger partial charge on any atom is 0.270 e. The summed E-state index contributed by atoms with van der Waals surface area (Å²) in [4.78, 5) is 103. The highest BCUT2D eigenvalue weighted by Gasteiger charge is 2.41. The van der Waals surface area contributed by atoms with Gasteiger partial charge in [0.15, 0.2) is 5.78 Å². The summed E-state index contributed by atoms with van der Waals surface area (Å²) in [6, 6.07) is 24.8. The fourth-order valence-corrected chi connectivity index (χ4v) is 5.89. The number of rotatable bonds is 9. The topological polar surface area (TPSA) is 207 Å². The van der Waals surface area contributed by atoms with E-state index in [1.807, 2.05) is 0 Å². The molecule has 0 radical (unpaired) electrons. The van der Waals surface area contributed by atoms with Crippen LogP contribution >= 0.6 is 0 Å². The number of nitrogens with zero attached hydrogens (tertiary/aromatic N) is 4. The Labute approximate surface area is 297 Å². The van der Waals surface area contributed by atoms with Crippen molar-refractivity contribution < 1.29 is 38.6 Å². The van der Waals surface area contributed by atoms with E-state index in [1.54, 1.807) is 60.7 Å². The van der Waals surface area contributed by atoms with Crippen LogP contribution in [-0.4, -0.2) is 45.2 Å². The number of carbonyl (C=O) groups excluding carboxylic acids is 6. The number of benzene rings is 5. The smallest absolute Gasteiger partial charge is 0.270 e. The van der Waals surface area contributed by atoms with E-state index in [0.717, 1.165) is 42.5 Å². The van der Waals surface area contributed by atoms with E-state index in [4.69, 9.17) is 0 Å². The number of nitro benzene ring substituents is 2. The molecule has 0 aliphatic carbocycles. The number of non-ortho nitro benzene ring substituents is 2. The summed E-state index contributed by atoms with van der Waals surface area (Å²) in [6.07, 6.45) is 3.01. The van der Waals surface area contributed by atoms with Crippen LogP contribution in [0, 0.1) is 20.2 Å². The van der Waals surface area contributed by atoms with Crippen LogP contribution in [0.1, 0.15) is 67.7 Å². The lowest BCUT2D eigenvalue weighted by Crippen LogP contribution is -2.32. The number of anilines is 3. The Morgan fingerprint density at radius 2 is 1.06 bits per heavy atom. The Balaban J connectivity index is 1.23. The molecule has 5 amide bonds. The zero-order valence-electron chi connectivity index (χ0n) is 26.9. The van der Waals surface area contributed by atoms with Gasteiger partial charge in [0.25, 0.3) is 40.9 Å². The zero-order valence-corrected chi connectivity index (χ0v) is 26.9. The van der Waals surface area contributed by atoms with Crippen molar-refractivity contribution in [3.05, 3.63) is 174 Å². The molecule has 2 aliphatic rings. The number of ketones is 1. The van der Waals surface area contributed by atoms with Crippen molar-refractivity contribution in [2.75, 3.05) is 15.1 Å². The summed E-state index contributed by atoms with van der Waals surface area (Å²) in [7, 11) is 0. The van der Waals surface area contributed by atoms with Gasteiger partial charge in [-0.05, 0) is 54.1 Å². The molecule has 258 valence electrons. The van der Waals surface area contributed by atoms with Crippen molar-refractivity contribution in [1.29, 1.82) is 0 Å². The molecule has 15 nitrogen and oxygen atoms in total. The molecule has 53 heavy (non-hydrogen) atoms. The number of imide groups is 2. The largest absolute Gasteiger partial charge is 0.322 e. The van der Waals surface area contributed by atoms with Gasteiger partial charge in [-0.2, -0.15) is 0 Å². The summed E-state index contributed by atoms with van der Waals surface area (Å²) in [5, 5.41) is 25.4. The van der Waals surface area contributed by atoms with Crippen LogP contribution in [0.2, 0.25) is 0 Å². The van der Waals surface area contributed by atoms with Crippen LogP contribution in [0.5, 0.6) is 0 Å². The van der Waals surface area contributed by atoms with Gasteiger partial charge in [0.1, 0.15) is 0 Å². The molecule has 0 bridgehead atoms. The van der Waals surface area contributed by atoms with Crippen molar-refractivity contribution >= 4 is 69.8 Å². The maximum atomic E-state index is 13.7. The van der Waals surface area contributed by atoms with Crippen molar-refractivity contribution in [2.45, 2.75) is 0 Å². The molecule has 2 aliphatic heterocycles. The number of nitrogens with one attached hydrogen (secondary N) is 1. The Bertz CT molecular complexity index is 2400. The van der Waals surface area contributed by atoms with Gasteiger partial charge in [-0.25, -0.2) is 9.80 Å². The number of carbonyl (C=O) groups is 6. The van der Waals surface area contributed by atoms with Crippen LogP contribution in [-0.2, 0) is 0 Å². The minimum absolute atomic E-state index is 0.148. The second-order valence-electron chi connectivity index (χ2n) is 11.7. The standard InChI is InChI=1S/C38H21N5O10/c44-33(22-4-2-1-3-5-22)15-8-21-6-9-24(10-7-21)39-34(45)23-16-27(40-35(46)29-13-11-25(42(50)51)19-31(29)37(40)48)18-28(17-23)41-36(47)30-14-12-26(43(52)53)20-32(30)38(41)49/h1-20H,(H,39,45)/b15-8+. The van der Waals surface area contributed by atoms with Gasteiger partial charge in [-0.3, -0.25) is 49.0 Å². The van der Waals surface area contributed by atoms with Crippen molar-refractivity contribution in [2.24, 2.45) is 0 Å². The normalized spacial score (nSPS) is 13.4. The van der Waals surface area contributed by atoms with Crippen molar-refractivity contribution in [3.8, 4) is 0 Å². The minimum atomic E-state index is -0.954. The SMILES string of the molecule is O=C(/C=C/c1ccc(NC(=O)c2cc(N3C(=O)c4ccc([N+](=O)[O-])cc4C3=O)cc(N3C(=O)c4ccc([N+](=O)[O-])cc4C3=O)c2)cc1)c1ccccc1. The van der Waals surface area contributed by atoms with Crippen molar-refractivity contribution in [3.63, 3.8) is 0 Å². The first-order valence-corrected chi connectivity index (χ1v) is 15.6. The molecule has 0 aromatic heterocycles. The Kier molecular flexibility index (Phi) is 8.27. The minimum Gasteiger partial charge on any atom is -0.322 e. The van der Waals surface area contributed by atoms with Gasteiger partial charge in [0.2, 0.25) is 0 Å². The number of nitro groups is 2. The molecule has 0 saturated carbocycles. The van der Waals surface area contributed by atoms with Crippen LogP contribution in [0.4, 0.5) is 28.4 Å². The first-order valence-electron chi connectivity index (χ1n) is 15.6. The first-order chi connectivity index (χ1) is 25.4. The van der Waals surface area contributed by atoms with Crippen LogP contribution < -0.4 is 15.1 Å². The molecule has 5 aromatic rings. The monoisotopic (exact) mass is 707 g/mol. The number of fused-ring (bicyclic) bond motifs is 2. The third kappa shape index (κ3) is 6.10. The van der Waals surface area contributed by atoms with Crippen LogP contribution in [0.3, 0.4) is 0 Å². The molecule has 5 aromatic carbocycles. The fourth-order valence-electron chi connectivity index (χ4n) is 5.89. The molecular formula is C38H21N5O10. The van der Waals surface area contributed by atoms with E-state index >= 15 is 0 Å². The molecule has 0 fully saturated rings. The summed E-state index contributed by atoms with van der Waals surface area (Å²) < 4.78 is 0. The summed E-state index contributed by atoms with van der Waals surface area (Å²) >= 11 is 0. The summed E-state index contributed by atoms with van der Waals surface area (Å²) in [5.41, 5.74) is -0.951. The van der Waals surface area contributed by atoms with Gasteiger partial charge in [-0.15, -0.1) is 0 Å². The van der Waals surface area contributed by atoms with E-state index in [9.17, 15) is 49.0 Å².